The maximum atomic E-state index is 11.8. The van der Waals surface area contributed by atoms with Crippen LogP contribution in [0.5, 0.6) is 0 Å². The third-order valence-corrected chi connectivity index (χ3v) is 3.33. The lowest BCUT2D eigenvalue weighted by Gasteiger charge is -2.27. The molecule has 94 valence electrons. The van der Waals surface area contributed by atoms with Crippen LogP contribution in [0, 0.1) is 5.92 Å². The largest absolute Gasteiger partial charge is 0.393 e. The predicted octanol–water partition coefficient (Wildman–Crippen LogP) is 0.781. The van der Waals surface area contributed by atoms with Crippen LogP contribution < -0.4 is 11.1 Å². The second kappa shape index (κ2) is 6.86. The van der Waals surface area contributed by atoms with Gasteiger partial charge in [0.25, 0.3) is 0 Å². The third-order valence-electron chi connectivity index (χ3n) is 3.33. The number of aliphatic hydroxyl groups is 1. The van der Waals surface area contributed by atoms with Gasteiger partial charge in [-0.2, -0.15) is 0 Å². The van der Waals surface area contributed by atoms with E-state index in [9.17, 15) is 9.90 Å². The lowest BCUT2D eigenvalue weighted by molar-refractivity contribution is -0.125. The van der Waals surface area contributed by atoms with E-state index < -0.39 is 0 Å². The zero-order valence-electron chi connectivity index (χ0n) is 10.1. The quantitative estimate of drug-likeness (QED) is 0.651. The number of amides is 1. The van der Waals surface area contributed by atoms with Crippen molar-refractivity contribution in [2.75, 3.05) is 6.54 Å². The Labute approximate surface area is 97.6 Å². The lowest BCUT2D eigenvalue weighted by atomic mass is 9.92. The van der Waals surface area contributed by atoms with Crippen molar-refractivity contribution in [2.24, 2.45) is 11.7 Å². The Kier molecular flexibility index (Phi) is 5.77. The lowest BCUT2D eigenvalue weighted by Crippen LogP contribution is -2.41. The van der Waals surface area contributed by atoms with Gasteiger partial charge in [0.15, 0.2) is 0 Å². The molecule has 1 unspecified atom stereocenters. The van der Waals surface area contributed by atoms with Gasteiger partial charge >= 0.3 is 0 Å². The molecule has 0 spiro atoms. The number of nitrogens with two attached hydrogens (primary N) is 1. The molecule has 0 heterocycles. The summed E-state index contributed by atoms with van der Waals surface area (Å²) in [5.74, 6) is 0.185. The van der Waals surface area contributed by atoms with Crippen LogP contribution in [0.4, 0.5) is 0 Å². The van der Waals surface area contributed by atoms with Crippen LogP contribution in [0.3, 0.4) is 0 Å². The Bertz CT molecular complexity index is 213. The van der Waals surface area contributed by atoms with E-state index >= 15 is 0 Å². The summed E-state index contributed by atoms with van der Waals surface area (Å²) < 4.78 is 0. The van der Waals surface area contributed by atoms with Gasteiger partial charge in [0.05, 0.1) is 6.10 Å². The smallest absolute Gasteiger partial charge is 0.223 e. The van der Waals surface area contributed by atoms with E-state index in [0.717, 1.165) is 38.5 Å². The second-order valence-electron chi connectivity index (χ2n) is 4.85. The van der Waals surface area contributed by atoms with E-state index in [1.807, 2.05) is 6.92 Å². The summed E-state index contributed by atoms with van der Waals surface area (Å²) in [7, 11) is 0. The average Bonchev–Trinajstić information content (AvgIpc) is 2.29. The molecule has 0 radical (unpaired) electrons. The van der Waals surface area contributed by atoms with Crippen molar-refractivity contribution in [1.29, 1.82) is 0 Å². The maximum absolute atomic E-state index is 11.8. The molecular weight excluding hydrogens is 204 g/mol. The Balaban J connectivity index is 2.22. The van der Waals surface area contributed by atoms with E-state index in [2.05, 4.69) is 5.32 Å². The predicted molar refractivity (Wildman–Crippen MR) is 63.9 cm³/mol. The number of aliphatic hydroxyl groups excluding tert-OH is 1. The van der Waals surface area contributed by atoms with Crippen molar-refractivity contribution in [2.45, 2.75) is 57.6 Å². The van der Waals surface area contributed by atoms with Gasteiger partial charge in [0, 0.05) is 12.0 Å². The molecule has 0 bridgehead atoms. The van der Waals surface area contributed by atoms with Crippen LogP contribution in [-0.4, -0.2) is 29.7 Å². The van der Waals surface area contributed by atoms with Gasteiger partial charge in [-0.25, -0.2) is 0 Å². The van der Waals surface area contributed by atoms with Crippen molar-refractivity contribution in [1.82, 2.24) is 5.32 Å². The van der Waals surface area contributed by atoms with Crippen molar-refractivity contribution >= 4 is 5.91 Å². The summed E-state index contributed by atoms with van der Waals surface area (Å²) in [6.45, 7) is 2.59. The molecule has 4 N–H and O–H groups in total. The fraction of sp³-hybridized carbons (Fsp3) is 0.917. The van der Waals surface area contributed by atoms with Crippen molar-refractivity contribution < 1.29 is 9.90 Å². The number of nitrogens with one attached hydrogen (secondary N) is 1. The first-order chi connectivity index (χ1) is 7.63. The summed E-state index contributed by atoms with van der Waals surface area (Å²) >= 11 is 0. The molecule has 1 aliphatic carbocycles. The van der Waals surface area contributed by atoms with Gasteiger partial charge in [-0.3, -0.25) is 4.79 Å². The zero-order chi connectivity index (χ0) is 12.0. The van der Waals surface area contributed by atoms with Crippen LogP contribution in [-0.2, 0) is 4.79 Å². The first-order valence-corrected chi connectivity index (χ1v) is 6.32. The molecule has 1 saturated carbocycles. The van der Waals surface area contributed by atoms with Crippen molar-refractivity contribution in [3.63, 3.8) is 0 Å². The Morgan fingerprint density at radius 2 is 2.06 bits per heavy atom. The number of rotatable bonds is 5. The first-order valence-electron chi connectivity index (χ1n) is 6.32. The monoisotopic (exact) mass is 228 g/mol. The van der Waals surface area contributed by atoms with Gasteiger partial charge in [0.2, 0.25) is 5.91 Å². The Morgan fingerprint density at radius 1 is 1.44 bits per heavy atom. The van der Waals surface area contributed by atoms with E-state index in [1.54, 1.807) is 0 Å². The minimum absolute atomic E-state index is 0.0513. The molecule has 4 heteroatoms. The standard InChI is InChI=1S/C12H24N2O2/c1-9(3-2-8-13)12(16)14-10-4-6-11(15)7-5-10/h9-11,15H,2-8,13H2,1H3,(H,14,16). The van der Waals surface area contributed by atoms with E-state index in [4.69, 9.17) is 5.73 Å². The molecule has 0 aromatic rings. The number of carbonyl (C=O) groups is 1. The van der Waals surface area contributed by atoms with Crippen LogP contribution >= 0.6 is 0 Å². The molecule has 1 amide bonds. The van der Waals surface area contributed by atoms with Gasteiger partial charge < -0.3 is 16.2 Å². The molecular formula is C12H24N2O2. The summed E-state index contributed by atoms with van der Waals surface area (Å²) in [6, 6.07) is 0.260. The van der Waals surface area contributed by atoms with Crippen LogP contribution in [0.25, 0.3) is 0 Å². The van der Waals surface area contributed by atoms with Gasteiger partial charge in [0.1, 0.15) is 0 Å². The molecule has 1 atom stereocenters. The highest BCUT2D eigenvalue weighted by Gasteiger charge is 2.22. The highest BCUT2D eigenvalue weighted by molar-refractivity contribution is 5.78. The molecule has 0 aromatic carbocycles. The Hall–Kier alpha value is -0.610. The van der Waals surface area contributed by atoms with Gasteiger partial charge in [-0.1, -0.05) is 6.92 Å². The molecule has 1 aliphatic rings. The second-order valence-corrected chi connectivity index (χ2v) is 4.85. The molecule has 1 rings (SSSR count). The molecule has 0 aromatic heterocycles. The fourth-order valence-electron chi connectivity index (χ4n) is 2.12. The maximum Gasteiger partial charge on any atom is 0.223 e. The Morgan fingerprint density at radius 3 is 2.62 bits per heavy atom. The van der Waals surface area contributed by atoms with Crippen molar-refractivity contribution in [3.8, 4) is 0 Å². The summed E-state index contributed by atoms with van der Waals surface area (Å²) in [6.07, 6.45) is 5.01. The number of carbonyl (C=O) groups excluding carboxylic acids is 1. The van der Waals surface area contributed by atoms with Gasteiger partial charge in [-0.05, 0) is 45.1 Å². The topological polar surface area (TPSA) is 75.4 Å². The molecule has 1 fully saturated rings. The highest BCUT2D eigenvalue weighted by Crippen LogP contribution is 2.19. The number of hydrogen-bond acceptors (Lipinski definition) is 3. The van der Waals surface area contributed by atoms with Crippen LogP contribution in [0.15, 0.2) is 0 Å². The summed E-state index contributed by atoms with van der Waals surface area (Å²) in [5, 5.41) is 12.4. The zero-order valence-corrected chi connectivity index (χ0v) is 10.1. The molecule has 0 saturated heterocycles. The first kappa shape index (κ1) is 13.5. The van der Waals surface area contributed by atoms with E-state index in [0.29, 0.717) is 6.54 Å². The normalized spacial score (nSPS) is 27.4. The summed E-state index contributed by atoms with van der Waals surface area (Å²) in [5.41, 5.74) is 5.42. The van der Waals surface area contributed by atoms with Crippen molar-refractivity contribution in [3.05, 3.63) is 0 Å². The van der Waals surface area contributed by atoms with Crippen LogP contribution in [0.2, 0.25) is 0 Å². The van der Waals surface area contributed by atoms with Gasteiger partial charge in [-0.15, -0.1) is 0 Å². The molecule has 0 aliphatic heterocycles. The minimum atomic E-state index is -0.164. The third kappa shape index (κ3) is 4.49. The molecule has 16 heavy (non-hydrogen) atoms. The highest BCUT2D eigenvalue weighted by atomic mass is 16.3. The van der Waals surface area contributed by atoms with E-state index in [1.165, 1.54) is 0 Å². The van der Waals surface area contributed by atoms with E-state index in [-0.39, 0.29) is 24.0 Å². The average molecular weight is 228 g/mol. The molecule has 4 nitrogen and oxygen atoms in total. The fourth-order valence-corrected chi connectivity index (χ4v) is 2.12. The number of hydrogen-bond donors (Lipinski definition) is 3. The minimum Gasteiger partial charge on any atom is -0.393 e. The summed E-state index contributed by atoms with van der Waals surface area (Å²) in [4.78, 5) is 11.8. The SMILES string of the molecule is CC(CCCN)C(=O)NC1CCC(O)CC1. The van der Waals surface area contributed by atoms with Crippen LogP contribution in [0.1, 0.15) is 45.4 Å².